The summed E-state index contributed by atoms with van der Waals surface area (Å²) in [7, 11) is 2.13. The van der Waals surface area contributed by atoms with Crippen LogP contribution in [0.5, 0.6) is 0 Å². The largest absolute Gasteiger partial charge is 0.389 e. The number of benzene rings is 1. The van der Waals surface area contributed by atoms with E-state index in [2.05, 4.69) is 44.9 Å². The van der Waals surface area contributed by atoms with Crippen LogP contribution in [0.2, 0.25) is 0 Å². The van der Waals surface area contributed by atoms with Gasteiger partial charge in [0.15, 0.2) is 0 Å². The molecule has 3 heteroatoms. The zero-order chi connectivity index (χ0) is 13.0. The van der Waals surface area contributed by atoms with Gasteiger partial charge in [-0.05, 0) is 36.6 Å². The Balaban J connectivity index is 2.88. The molecule has 0 aromatic heterocycles. The summed E-state index contributed by atoms with van der Waals surface area (Å²) in [5.41, 5.74) is 9.05. The molecule has 0 aliphatic carbocycles. The highest BCUT2D eigenvalue weighted by atomic mass is 32.1. The van der Waals surface area contributed by atoms with E-state index in [1.807, 2.05) is 6.07 Å². The number of aryl methyl sites for hydroxylation is 1. The van der Waals surface area contributed by atoms with Crippen LogP contribution in [0.1, 0.15) is 31.4 Å². The van der Waals surface area contributed by atoms with Gasteiger partial charge in [0.25, 0.3) is 0 Å². The van der Waals surface area contributed by atoms with Crippen LogP contribution in [-0.4, -0.2) is 18.6 Å². The summed E-state index contributed by atoms with van der Waals surface area (Å²) >= 11 is 4.98. The molecule has 1 atom stereocenters. The van der Waals surface area contributed by atoms with Gasteiger partial charge in [-0.2, -0.15) is 0 Å². The molecule has 0 bridgehead atoms. The average molecular weight is 250 g/mol. The molecule has 1 aromatic rings. The summed E-state index contributed by atoms with van der Waals surface area (Å²) < 4.78 is 0. The van der Waals surface area contributed by atoms with Gasteiger partial charge >= 0.3 is 0 Å². The van der Waals surface area contributed by atoms with Crippen LogP contribution in [0, 0.1) is 12.8 Å². The fraction of sp³-hybridized carbons (Fsp3) is 0.500. The van der Waals surface area contributed by atoms with Crippen LogP contribution >= 0.6 is 12.2 Å². The molecule has 0 radical (unpaired) electrons. The lowest BCUT2D eigenvalue weighted by molar-refractivity contribution is 0.559. The normalized spacial score (nSPS) is 12.2. The van der Waals surface area contributed by atoms with Crippen LogP contribution in [0.25, 0.3) is 0 Å². The molecule has 2 N–H and O–H groups in total. The zero-order valence-corrected chi connectivity index (χ0v) is 12.0. The van der Waals surface area contributed by atoms with Crippen molar-refractivity contribution in [3.8, 4) is 0 Å². The van der Waals surface area contributed by atoms with E-state index in [9.17, 15) is 0 Å². The Labute approximate surface area is 110 Å². The summed E-state index contributed by atoms with van der Waals surface area (Å²) in [5.74, 6) is 0.703. The van der Waals surface area contributed by atoms with Gasteiger partial charge in [-0.3, -0.25) is 0 Å². The summed E-state index contributed by atoms with van der Waals surface area (Å²) in [6, 6.07) is 6.16. The lowest BCUT2D eigenvalue weighted by Crippen LogP contribution is -2.24. The molecule has 0 fully saturated rings. The Morgan fingerprint density at radius 1 is 1.47 bits per heavy atom. The monoisotopic (exact) mass is 250 g/mol. The van der Waals surface area contributed by atoms with Gasteiger partial charge in [-0.15, -0.1) is 0 Å². The Hall–Kier alpha value is -1.09. The number of rotatable bonds is 5. The van der Waals surface area contributed by atoms with Crippen molar-refractivity contribution in [2.45, 2.75) is 27.2 Å². The molecule has 0 aliphatic heterocycles. The minimum absolute atomic E-state index is 0.462. The minimum atomic E-state index is 0.462. The molecular weight excluding hydrogens is 228 g/mol. The maximum atomic E-state index is 5.63. The molecule has 0 amide bonds. The van der Waals surface area contributed by atoms with Crippen molar-refractivity contribution >= 4 is 22.9 Å². The van der Waals surface area contributed by atoms with E-state index < -0.39 is 0 Å². The molecule has 1 rings (SSSR count). The van der Waals surface area contributed by atoms with Gasteiger partial charge in [0, 0.05) is 24.8 Å². The summed E-state index contributed by atoms with van der Waals surface area (Å²) in [6.45, 7) is 7.67. The predicted octanol–water partition coefficient (Wildman–Crippen LogP) is 3.11. The van der Waals surface area contributed by atoms with Crippen molar-refractivity contribution in [3.63, 3.8) is 0 Å². The zero-order valence-electron chi connectivity index (χ0n) is 11.2. The molecule has 0 heterocycles. The van der Waals surface area contributed by atoms with E-state index in [4.69, 9.17) is 18.0 Å². The lowest BCUT2D eigenvalue weighted by atomic mass is 10.1. The second kappa shape index (κ2) is 6.01. The Bertz CT molecular complexity index is 401. The Kier molecular flexibility index (Phi) is 4.94. The third-order valence-electron chi connectivity index (χ3n) is 3.18. The number of nitrogens with zero attached hydrogens (tertiary/aromatic N) is 1. The van der Waals surface area contributed by atoms with Crippen LogP contribution in [0.3, 0.4) is 0 Å². The van der Waals surface area contributed by atoms with Gasteiger partial charge in [0.1, 0.15) is 4.99 Å². The van der Waals surface area contributed by atoms with Gasteiger partial charge in [0.05, 0.1) is 0 Å². The second-order valence-electron chi connectivity index (χ2n) is 4.76. The topological polar surface area (TPSA) is 29.3 Å². The van der Waals surface area contributed by atoms with E-state index in [-0.39, 0.29) is 0 Å². The molecule has 2 nitrogen and oxygen atoms in total. The molecule has 17 heavy (non-hydrogen) atoms. The summed E-state index contributed by atoms with van der Waals surface area (Å²) in [4.78, 5) is 2.76. The molecular formula is C14H22N2S. The predicted molar refractivity (Wildman–Crippen MR) is 79.8 cm³/mol. The first-order valence-electron chi connectivity index (χ1n) is 6.07. The summed E-state index contributed by atoms with van der Waals surface area (Å²) in [6.07, 6.45) is 1.20. The average Bonchev–Trinajstić information content (AvgIpc) is 2.28. The van der Waals surface area contributed by atoms with Crippen molar-refractivity contribution < 1.29 is 0 Å². The molecule has 0 spiro atoms. The van der Waals surface area contributed by atoms with E-state index in [1.165, 1.54) is 17.7 Å². The maximum Gasteiger partial charge on any atom is 0.103 e. The van der Waals surface area contributed by atoms with Crippen molar-refractivity contribution in [2.24, 2.45) is 11.7 Å². The third kappa shape index (κ3) is 3.70. The van der Waals surface area contributed by atoms with Crippen LogP contribution < -0.4 is 10.6 Å². The SMILES string of the molecule is CCC(C)CN(C)c1ccc(C(N)=S)cc1C. The van der Waals surface area contributed by atoms with Gasteiger partial charge < -0.3 is 10.6 Å². The number of anilines is 1. The van der Waals surface area contributed by atoms with Crippen LogP contribution in [0.15, 0.2) is 18.2 Å². The summed E-state index contributed by atoms with van der Waals surface area (Å²) in [5, 5.41) is 0. The minimum Gasteiger partial charge on any atom is -0.389 e. The first-order valence-corrected chi connectivity index (χ1v) is 6.48. The van der Waals surface area contributed by atoms with E-state index in [1.54, 1.807) is 0 Å². The number of nitrogens with two attached hydrogens (primary N) is 1. The first-order chi connectivity index (χ1) is 7.95. The highest BCUT2D eigenvalue weighted by molar-refractivity contribution is 7.80. The molecule has 0 saturated heterocycles. The lowest BCUT2D eigenvalue weighted by Gasteiger charge is -2.24. The molecule has 94 valence electrons. The molecule has 0 saturated carbocycles. The van der Waals surface area contributed by atoms with E-state index in [0.717, 1.165) is 12.1 Å². The highest BCUT2D eigenvalue weighted by Crippen LogP contribution is 2.21. The maximum absolute atomic E-state index is 5.63. The van der Waals surface area contributed by atoms with Crippen molar-refractivity contribution in [1.82, 2.24) is 0 Å². The Morgan fingerprint density at radius 2 is 2.12 bits per heavy atom. The van der Waals surface area contributed by atoms with E-state index >= 15 is 0 Å². The van der Waals surface area contributed by atoms with Gasteiger partial charge in [-0.25, -0.2) is 0 Å². The van der Waals surface area contributed by atoms with Crippen LogP contribution in [-0.2, 0) is 0 Å². The van der Waals surface area contributed by atoms with Gasteiger partial charge in [0.2, 0.25) is 0 Å². The van der Waals surface area contributed by atoms with E-state index in [0.29, 0.717) is 10.9 Å². The third-order valence-corrected chi connectivity index (χ3v) is 3.41. The fourth-order valence-electron chi connectivity index (χ4n) is 1.93. The molecule has 0 aliphatic rings. The number of hydrogen-bond donors (Lipinski definition) is 1. The highest BCUT2D eigenvalue weighted by Gasteiger charge is 2.09. The Morgan fingerprint density at radius 3 is 2.59 bits per heavy atom. The van der Waals surface area contributed by atoms with Gasteiger partial charge in [-0.1, -0.05) is 32.5 Å². The van der Waals surface area contributed by atoms with Crippen LogP contribution in [0.4, 0.5) is 5.69 Å². The number of thiocarbonyl (C=S) groups is 1. The smallest absolute Gasteiger partial charge is 0.103 e. The molecule has 1 unspecified atom stereocenters. The second-order valence-corrected chi connectivity index (χ2v) is 5.20. The quantitative estimate of drug-likeness (QED) is 0.814. The standard InChI is InChI=1S/C14H22N2S/c1-5-10(2)9-16(4)13-7-6-12(14(15)17)8-11(13)3/h6-8,10H,5,9H2,1-4H3,(H2,15,17). The van der Waals surface area contributed by atoms with Crippen molar-refractivity contribution in [3.05, 3.63) is 29.3 Å². The molecule has 1 aromatic carbocycles. The number of hydrogen-bond acceptors (Lipinski definition) is 2. The fourth-order valence-corrected chi connectivity index (χ4v) is 2.06. The first kappa shape index (κ1) is 14.0. The van der Waals surface area contributed by atoms with Crippen molar-refractivity contribution in [1.29, 1.82) is 0 Å². The van der Waals surface area contributed by atoms with Crippen molar-refractivity contribution in [2.75, 3.05) is 18.5 Å².